The number of hydrogen-bond donors (Lipinski definition) is 2. The van der Waals surface area contributed by atoms with Crippen LogP contribution in [0, 0.1) is 0 Å². The van der Waals surface area contributed by atoms with E-state index in [0.29, 0.717) is 21.9 Å². The van der Waals surface area contributed by atoms with Gasteiger partial charge in [0.1, 0.15) is 11.4 Å². The molecule has 0 radical (unpaired) electrons. The number of hydrogen-bond acceptors (Lipinski definition) is 4. The lowest BCUT2D eigenvalue weighted by molar-refractivity contribution is -0.121. The van der Waals surface area contributed by atoms with Gasteiger partial charge in [0, 0.05) is 29.4 Å². The van der Waals surface area contributed by atoms with E-state index in [1.807, 2.05) is 0 Å². The Hall–Kier alpha value is -2.05. The summed E-state index contributed by atoms with van der Waals surface area (Å²) in [5.41, 5.74) is 0.140. The quantitative estimate of drug-likeness (QED) is 0.840. The third-order valence-corrected chi connectivity index (χ3v) is 3.79. The Bertz CT molecular complexity index is 698. The standard InChI is InChI=1S/C16H20ClN3O3/c1-16(22,12-8-19-20(2)9-12)10-18-15(21)7-11-6-13(17)4-5-14(11)23-3/h4-6,8-9,22H,7,10H2,1-3H3,(H,18,21). The Labute approximate surface area is 140 Å². The van der Waals surface area contributed by atoms with Crippen molar-refractivity contribution in [1.82, 2.24) is 15.1 Å². The number of nitrogens with zero attached hydrogens (tertiary/aromatic N) is 2. The van der Waals surface area contributed by atoms with Crippen molar-refractivity contribution in [2.75, 3.05) is 13.7 Å². The maximum atomic E-state index is 12.1. The molecule has 7 heteroatoms. The van der Waals surface area contributed by atoms with E-state index in [-0.39, 0.29) is 18.9 Å². The highest BCUT2D eigenvalue weighted by Crippen LogP contribution is 2.23. The SMILES string of the molecule is COc1ccc(Cl)cc1CC(=O)NCC(C)(O)c1cnn(C)c1. The number of rotatable bonds is 6. The number of carbonyl (C=O) groups excluding carboxylic acids is 1. The maximum Gasteiger partial charge on any atom is 0.224 e. The molecule has 2 aromatic rings. The lowest BCUT2D eigenvalue weighted by Crippen LogP contribution is -2.39. The number of carbonyl (C=O) groups is 1. The van der Waals surface area contributed by atoms with E-state index in [9.17, 15) is 9.90 Å². The average Bonchev–Trinajstić information content (AvgIpc) is 2.93. The molecule has 2 rings (SSSR count). The van der Waals surface area contributed by atoms with Gasteiger partial charge in [0.2, 0.25) is 5.91 Å². The molecular weight excluding hydrogens is 318 g/mol. The predicted molar refractivity (Wildman–Crippen MR) is 87.5 cm³/mol. The average molecular weight is 338 g/mol. The van der Waals surface area contributed by atoms with Crippen LogP contribution in [0.2, 0.25) is 5.02 Å². The van der Waals surface area contributed by atoms with Gasteiger partial charge in [0.05, 0.1) is 26.3 Å². The van der Waals surface area contributed by atoms with Crippen LogP contribution in [0.1, 0.15) is 18.1 Å². The number of methoxy groups -OCH3 is 1. The van der Waals surface area contributed by atoms with E-state index < -0.39 is 5.60 Å². The number of nitrogens with one attached hydrogen (secondary N) is 1. The number of halogens is 1. The Morgan fingerprint density at radius 2 is 2.26 bits per heavy atom. The van der Waals surface area contributed by atoms with Crippen molar-refractivity contribution < 1.29 is 14.6 Å². The molecular formula is C16H20ClN3O3. The zero-order valence-corrected chi connectivity index (χ0v) is 14.1. The smallest absolute Gasteiger partial charge is 0.224 e. The number of amides is 1. The lowest BCUT2D eigenvalue weighted by atomic mass is 9.99. The third kappa shape index (κ3) is 4.46. The Kier molecular flexibility index (Phi) is 5.28. The first-order valence-corrected chi connectivity index (χ1v) is 7.50. The normalized spacial score (nSPS) is 13.4. The molecule has 124 valence electrons. The van der Waals surface area contributed by atoms with Crippen LogP contribution >= 0.6 is 11.6 Å². The summed E-state index contributed by atoms with van der Waals surface area (Å²) in [4.78, 5) is 12.1. The molecule has 2 N–H and O–H groups in total. The molecule has 0 aliphatic heterocycles. The van der Waals surface area contributed by atoms with Gasteiger partial charge in [-0.05, 0) is 25.1 Å². The van der Waals surface area contributed by atoms with E-state index in [0.717, 1.165) is 0 Å². The number of aryl methyl sites for hydroxylation is 1. The first kappa shape index (κ1) is 17.3. The number of aliphatic hydroxyl groups is 1. The minimum atomic E-state index is -1.19. The molecule has 0 saturated carbocycles. The summed E-state index contributed by atoms with van der Waals surface area (Å²) in [5.74, 6) is 0.373. The van der Waals surface area contributed by atoms with Gasteiger partial charge in [0.15, 0.2) is 0 Å². The monoisotopic (exact) mass is 337 g/mol. The Balaban J connectivity index is 1.99. The fourth-order valence-electron chi connectivity index (χ4n) is 2.19. The second-order valence-corrected chi connectivity index (χ2v) is 6.02. The van der Waals surface area contributed by atoms with E-state index in [2.05, 4.69) is 10.4 Å². The van der Waals surface area contributed by atoms with E-state index >= 15 is 0 Å². The molecule has 0 spiro atoms. The fourth-order valence-corrected chi connectivity index (χ4v) is 2.39. The molecule has 1 atom stereocenters. The van der Waals surface area contributed by atoms with Gasteiger partial charge >= 0.3 is 0 Å². The summed E-state index contributed by atoms with van der Waals surface area (Å²) in [6.07, 6.45) is 3.41. The zero-order valence-electron chi connectivity index (χ0n) is 13.3. The molecule has 1 heterocycles. The lowest BCUT2D eigenvalue weighted by Gasteiger charge is -2.22. The van der Waals surface area contributed by atoms with Crippen molar-refractivity contribution in [3.05, 3.63) is 46.7 Å². The molecule has 6 nitrogen and oxygen atoms in total. The van der Waals surface area contributed by atoms with Crippen LogP contribution in [0.3, 0.4) is 0 Å². The van der Waals surface area contributed by atoms with Gasteiger partial charge in [-0.3, -0.25) is 9.48 Å². The number of aromatic nitrogens is 2. The fraction of sp³-hybridized carbons (Fsp3) is 0.375. The minimum Gasteiger partial charge on any atom is -0.496 e. The van der Waals surface area contributed by atoms with Crippen molar-refractivity contribution in [3.8, 4) is 5.75 Å². The molecule has 1 aromatic heterocycles. The Morgan fingerprint density at radius 1 is 1.52 bits per heavy atom. The number of benzene rings is 1. The predicted octanol–water partition coefficient (Wildman–Crippen LogP) is 1.65. The first-order valence-electron chi connectivity index (χ1n) is 7.12. The van der Waals surface area contributed by atoms with Gasteiger partial charge in [-0.25, -0.2) is 0 Å². The zero-order chi connectivity index (χ0) is 17.0. The molecule has 0 fully saturated rings. The summed E-state index contributed by atoms with van der Waals surface area (Å²) < 4.78 is 6.82. The molecule has 1 amide bonds. The van der Waals surface area contributed by atoms with Gasteiger partial charge in [-0.1, -0.05) is 11.6 Å². The van der Waals surface area contributed by atoms with Gasteiger partial charge in [-0.15, -0.1) is 0 Å². The molecule has 1 unspecified atom stereocenters. The maximum absolute atomic E-state index is 12.1. The van der Waals surface area contributed by atoms with Crippen molar-refractivity contribution in [2.45, 2.75) is 18.9 Å². The second-order valence-electron chi connectivity index (χ2n) is 5.59. The summed E-state index contributed by atoms with van der Waals surface area (Å²) >= 11 is 5.95. The van der Waals surface area contributed by atoms with Crippen molar-refractivity contribution in [3.63, 3.8) is 0 Å². The summed E-state index contributed by atoms with van der Waals surface area (Å²) in [7, 11) is 3.31. The van der Waals surface area contributed by atoms with Gasteiger partial charge in [-0.2, -0.15) is 5.10 Å². The highest BCUT2D eigenvalue weighted by molar-refractivity contribution is 6.30. The third-order valence-electron chi connectivity index (χ3n) is 3.55. The van der Waals surface area contributed by atoms with Gasteiger partial charge < -0.3 is 15.2 Å². The molecule has 0 aliphatic rings. The second kappa shape index (κ2) is 7.02. The molecule has 0 bridgehead atoms. The summed E-state index contributed by atoms with van der Waals surface area (Å²) in [5, 5.41) is 17.7. The van der Waals surface area contributed by atoms with Crippen LogP contribution in [0.5, 0.6) is 5.75 Å². The van der Waals surface area contributed by atoms with E-state index in [1.54, 1.807) is 49.2 Å². The minimum absolute atomic E-state index is 0.0837. The molecule has 1 aromatic carbocycles. The van der Waals surface area contributed by atoms with Crippen LogP contribution < -0.4 is 10.1 Å². The largest absolute Gasteiger partial charge is 0.496 e. The van der Waals surface area contributed by atoms with Crippen LogP contribution in [-0.2, 0) is 23.9 Å². The number of ether oxygens (including phenoxy) is 1. The molecule has 0 saturated heterocycles. The van der Waals surface area contributed by atoms with Crippen LogP contribution in [0.15, 0.2) is 30.6 Å². The first-order chi connectivity index (χ1) is 10.8. The highest BCUT2D eigenvalue weighted by Gasteiger charge is 2.25. The van der Waals surface area contributed by atoms with Crippen LogP contribution in [0.4, 0.5) is 0 Å². The Morgan fingerprint density at radius 3 is 2.87 bits per heavy atom. The van der Waals surface area contributed by atoms with E-state index in [4.69, 9.17) is 16.3 Å². The van der Waals surface area contributed by atoms with E-state index in [1.165, 1.54) is 7.11 Å². The molecule has 0 aliphatic carbocycles. The van der Waals surface area contributed by atoms with Crippen molar-refractivity contribution in [2.24, 2.45) is 7.05 Å². The summed E-state index contributed by atoms with van der Waals surface area (Å²) in [6.45, 7) is 1.71. The van der Waals surface area contributed by atoms with Crippen molar-refractivity contribution in [1.29, 1.82) is 0 Å². The van der Waals surface area contributed by atoms with Crippen LogP contribution in [0.25, 0.3) is 0 Å². The molecule has 23 heavy (non-hydrogen) atoms. The summed E-state index contributed by atoms with van der Waals surface area (Å²) in [6, 6.07) is 5.12. The van der Waals surface area contributed by atoms with Gasteiger partial charge in [0.25, 0.3) is 0 Å². The van der Waals surface area contributed by atoms with Crippen LogP contribution in [-0.4, -0.2) is 34.4 Å². The van der Waals surface area contributed by atoms with Crippen molar-refractivity contribution >= 4 is 17.5 Å². The topological polar surface area (TPSA) is 76.4 Å². The highest BCUT2D eigenvalue weighted by atomic mass is 35.5.